The third-order valence-corrected chi connectivity index (χ3v) is 3.55. The van der Waals surface area contributed by atoms with Crippen LogP contribution >= 0.6 is 0 Å². The van der Waals surface area contributed by atoms with Crippen molar-refractivity contribution in [1.29, 1.82) is 0 Å². The summed E-state index contributed by atoms with van der Waals surface area (Å²) in [6.45, 7) is 15.1. The molecule has 1 aliphatic rings. The Kier molecular flexibility index (Phi) is 6.22. The van der Waals surface area contributed by atoms with Crippen LogP contribution in [-0.4, -0.2) is 61.7 Å². The predicted octanol–water partition coefficient (Wildman–Crippen LogP) is 1.01. The molecule has 3 heteroatoms. The van der Waals surface area contributed by atoms with E-state index in [1.807, 2.05) is 0 Å². The van der Waals surface area contributed by atoms with Crippen LogP contribution in [-0.2, 0) is 0 Å². The number of nitrogens with zero attached hydrogens (tertiary/aromatic N) is 2. The Morgan fingerprint density at radius 2 is 1.80 bits per heavy atom. The highest BCUT2D eigenvalue weighted by Gasteiger charge is 2.20. The number of nitrogens with one attached hydrogen (secondary N) is 1. The zero-order valence-corrected chi connectivity index (χ0v) is 10.6. The molecule has 0 bridgehead atoms. The number of likely N-dealkylation sites (N-methyl/N-ethyl adjacent to an activating group) is 2. The van der Waals surface area contributed by atoms with Crippen molar-refractivity contribution in [3.05, 3.63) is 0 Å². The fourth-order valence-corrected chi connectivity index (χ4v) is 2.36. The molecule has 1 aliphatic heterocycles. The van der Waals surface area contributed by atoms with E-state index in [0.717, 1.165) is 6.04 Å². The molecule has 0 amide bonds. The van der Waals surface area contributed by atoms with Crippen molar-refractivity contribution in [1.82, 2.24) is 15.1 Å². The summed E-state index contributed by atoms with van der Waals surface area (Å²) in [5.74, 6) is 0. The third-order valence-electron chi connectivity index (χ3n) is 3.55. The normalized spacial score (nSPS) is 21.8. The lowest BCUT2D eigenvalue weighted by Crippen LogP contribution is -2.42. The lowest BCUT2D eigenvalue weighted by Gasteiger charge is -2.29. The average Bonchev–Trinajstić information content (AvgIpc) is 2.78. The maximum Gasteiger partial charge on any atom is 0.0233 e. The van der Waals surface area contributed by atoms with E-state index in [-0.39, 0.29) is 0 Å². The van der Waals surface area contributed by atoms with Crippen molar-refractivity contribution in [2.75, 3.05) is 45.8 Å². The van der Waals surface area contributed by atoms with E-state index in [4.69, 9.17) is 0 Å². The second kappa shape index (κ2) is 7.20. The molecule has 3 nitrogen and oxygen atoms in total. The molecule has 0 radical (unpaired) electrons. The average molecular weight is 213 g/mol. The summed E-state index contributed by atoms with van der Waals surface area (Å²) in [5, 5.41) is 3.45. The Morgan fingerprint density at radius 1 is 1.07 bits per heavy atom. The second-order valence-electron chi connectivity index (χ2n) is 4.30. The van der Waals surface area contributed by atoms with Gasteiger partial charge < -0.3 is 10.2 Å². The van der Waals surface area contributed by atoms with Crippen molar-refractivity contribution in [3.63, 3.8) is 0 Å². The SMILES string of the molecule is CCN(CC)CCN(CC)C1CCNC1. The fraction of sp³-hybridized carbons (Fsp3) is 1.00. The van der Waals surface area contributed by atoms with Crippen LogP contribution in [0.1, 0.15) is 27.2 Å². The molecule has 0 aromatic carbocycles. The van der Waals surface area contributed by atoms with Crippen LogP contribution in [0.4, 0.5) is 0 Å². The summed E-state index contributed by atoms with van der Waals surface area (Å²) in [6, 6.07) is 0.783. The van der Waals surface area contributed by atoms with E-state index in [1.54, 1.807) is 0 Å². The van der Waals surface area contributed by atoms with Gasteiger partial charge in [-0.2, -0.15) is 0 Å². The Bertz CT molecular complexity index is 151. The minimum absolute atomic E-state index is 0.783. The van der Waals surface area contributed by atoms with Gasteiger partial charge in [0.25, 0.3) is 0 Å². The van der Waals surface area contributed by atoms with Gasteiger partial charge in [0.15, 0.2) is 0 Å². The smallest absolute Gasteiger partial charge is 0.0233 e. The van der Waals surface area contributed by atoms with E-state index in [9.17, 15) is 0 Å². The molecule has 1 atom stereocenters. The highest BCUT2D eigenvalue weighted by molar-refractivity contribution is 4.80. The standard InChI is InChI=1S/C12H27N3/c1-4-14(5-2)9-10-15(6-3)12-7-8-13-11-12/h12-13H,4-11H2,1-3H3. The van der Waals surface area contributed by atoms with E-state index in [0.29, 0.717) is 0 Å². The molecule has 1 saturated heterocycles. The molecule has 1 heterocycles. The van der Waals surface area contributed by atoms with Gasteiger partial charge in [0, 0.05) is 25.7 Å². The van der Waals surface area contributed by atoms with Crippen LogP contribution in [0.2, 0.25) is 0 Å². The fourth-order valence-electron chi connectivity index (χ4n) is 2.36. The van der Waals surface area contributed by atoms with Gasteiger partial charge in [-0.3, -0.25) is 4.90 Å². The predicted molar refractivity (Wildman–Crippen MR) is 66.3 cm³/mol. The van der Waals surface area contributed by atoms with Gasteiger partial charge in [-0.15, -0.1) is 0 Å². The van der Waals surface area contributed by atoms with Crippen LogP contribution < -0.4 is 5.32 Å². The highest BCUT2D eigenvalue weighted by atomic mass is 15.2. The molecule has 0 saturated carbocycles. The summed E-state index contributed by atoms with van der Waals surface area (Å²) < 4.78 is 0. The first-order valence-corrected chi connectivity index (χ1v) is 6.48. The van der Waals surface area contributed by atoms with Crippen molar-refractivity contribution >= 4 is 0 Å². The van der Waals surface area contributed by atoms with Gasteiger partial charge in [0.1, 0.15) is 0 Å². The molecule has 0 aromatic heterocycles. The zero-order chi connectivity index (χ0) is 11.1. The molecule has 0 aromatic rings. The Labute approximate surface area is 94.8 Å². The molecule has 0 spiro atoms. The van der Waals surface area contributed by atoms with E-state index in [2.05, 4.69) is 35.9 Å². The van der Waals surface area contributed by atoms with Gasteiger partial charge >= 0.3 is 0 Å². The van der Waals surface area contributed by atoms with Crippen LogP contribution in [0.3, 0.4) is 0 Å². The van der Waals surface area contributed by atoms with E-state index in [1.165, 1.54) is 52.2 Å². The number of rotatable bonds is 7. The Hall–Kier alpha value is -0.120. The molecule has 90 valence electrons. The van der Waals surface area contributed by atoms with Gasteiger partial charge in [0.2, 0.25) is 0 Å². The minimum Gasteiger partial charge on any atom is -0.315 e. The number of hydrogen-bond donors (Lipinski definition) is 1. The van der Waals surface area contributed by atoms with Gasteiger partial charge in [-0.1, -0.05) is 20.8 Å². The summed E-state index contributed by atoms with van der Waals surface area (Å²) in [4.78, 5) is 5.13. The largest absolute Gasteiger partial charge is 0.315 e. The molecular weight excluding hydrogens is 186 g/mol. The van der Waals surface area contributed by atoms with Gasteiger partial charge in [0.05, 0.1) is 0 Å². The molecule has 1 unspecified atom stereocenters. The van der Waals surface area contributed by atoms with Crippen molar-refractivity contribution in [3.8, 4) is 0 Å². The van der Waals surface area contributed by atoms with E-state index >= 15 is 0 Å². The van der Waals surface area contributed by atoms with Crippen LogP contribution in [0.15, 0.2) is 0 Å². The van der Waals surface area contributed by atoms with Crippen LogP contribution in [0.5, 0.6) is 0 Å². The third kappa shape index (κ3) is 4.09. The van der Waals surface area contributed by atoms with Crippen molar-refractivity contribution < 1.29 is 0 Å². The molecule has 1 fully saturated rings. The lowest BCUT2D eigenvalue weighted by molar-refractivity contribution is 0.180. The number of hydrogen-bond acceptors (Lipinski definition) is 3. The lowest BCUT2D eigenvalue weighted by atomic mass is 10.2. The topological polar surface area (TPSA) is 18.5 Å². The van der Waals surface area contributed by atoms with Crippen molar-refractivity contribution in [2.24, 2.45) is 0 Å². The van der Waals surface area contributed by atoms with Crippen LogP contribution in [0, 0.1) is 0 Å². The minimum atomic E-state index is 0.783. The molecule has 15 heavy (non-hydrogen) atoms. The quantitative estimate of drug-likeness (QED) is 0.681. The summed E-state index contributed by atoms with van der Waals surface area (Å²) >= 11 is 0. The second-order valence-corrected chi connectivity index (χ2v) is 4.30. The first kappa shape index (κ1) is 12.9. The maximum atomic E-state index is 3.45. The molecule has 0 aliphatic carbocycles. The summed E-state index contributed by atoms with van der Waals surface area (Å²) in [7, 11) is 0. The highest BCUT2D eigenvalue weighted by Crippen LogP contribution is 2.07. The van der Waals surface area contributed by atoms with E-state index < -0.39 is 0 Å². The van der Waals surface area contributed by atoms with Crippen LogP contribution in [0.25, 0.3) is 0 Å². The first-order chi connectivity index (χ1) is 7.31. The Balaban J connectivity index is 2.26. The molecule has 1 N–H and O–H groups in total. The van der Waals surface area contributed by atoms with Gasteiger partial charge in [-0.05, 0) is 32.6 Å². The zero-order valence-electron chi connectivity index (χ0n) is 10.6. The monoisotopic (exact) mass is 213 g/mol. The molecular formula is C12H27N3. The Morgan fingerprint density at radius 3 is 2.27 bits per heavy atom. The maximum absolute atomic E-state index is 3.45. The van der Waals surface area contributed by atoms with Crippen molar-refractivity contribution in [2.45, 2.75) is 33.2 Å². The first-order valence-electron chi connectivity index (χ1n) is 6.48. The van der Waals surface area contributed by atoms with Gasteiger partial charge in [-0.25, -0.2) is 0 Å². The summed E-state index contributed by atoms with van der Waals surface area (Å²) in [6.07, 6.45) is 1.33. The summed E-state index contributed by atoms with van der Waals surface area (Å²) in [5.41, 5.74) is 0. The molecule has 1 rings (SSSR count).